The van der Waals surface area contributed by atoms with Crippen LogP contribution in [-0.4, -0.2) is 114 Å². The molecule has 0 saturated carbocycles. The van der Waals surface area contributed by atoms with Gasteiger partial charge in [0.2, 0.25) is 17.7 Å². The molecule has 14 nitrogen and oxygen atoms in total. The van der Waals surface area contributed by atoms with Gasteiger partial charge in [0, 0.05) is 37.8 Å². The first-order chi connectivity index (χ1) is 18.5. The predicted octanol–water partition coefficient (Wildman–Crippen LogP) is -2.28. The van der Waals surface area contributed by atoms with Gasteiger partial charge in [-0.1, -0.05) is 23.4 Å². The van der Waals surface area contributed by atoms with Crippen molar-refractivity contribution >= 4 is 23.6 Å². The minimum absolute atomic E-state index is 0.0497. The fourth-order valence-corrected chi connectivity index (χ4v) is 3.60. The summed E-state index contributed by atoms with van der Waals surface area (Å²) in [5.41, 5.74) is 0.916. The number of carbonyl (C=O) groups excluding carboxylic acids is 4. The first kappa shape index (κ1) is 28.7. The molecule has 3 rings (SSSR count). The number of hydrogen-bond acceptors (Lipinski definition) is 9. The molecule has 1 aromatic heterocycles. The number of ether oxygens (including phenoxy) is 2. The summed E-state index contributed by atoms with van der Waals surface area (Å²) in [4.78, 5) is 52.2. The van der Waals surface area contributed by atoms with Crippen molar-refractivity contribution in [1.82, 2.24) is 35.8 Å². The van der Waals surface area contributed by atoms with E-state index in [1.807, 2.05) is 0 Å². The van der Waals surface area contributed by atoms with E-state index in [9.17, 15) is 19.2 Å². The van der Waals surface area contributed by atoms with Gasteiger partial charge >= 0.3 is 0 Å². The smallest absolute Gasteiger partial charge is 0.251 e. The Bertz CT molecular complexity index is 1060. The Balaban J connectivity index is 1.66. The Morgan fingerprint density at radius 2 is 1.89 bits per heavy atom. The van der Waals surface area contributed by atoms with E-state index < -0.39 is 23.8 Å². The van der Waals surface area contributed by atoms with Crippen LogP contribution < -0.4 is 16.0 Å². The van der Waals surface area contributed by atoms with Crippen molar-refractivity contribution in [2.45, 2.75) is 19.0 Å². The summed E-state index contributed by atoms with van der Waals surface area (Å²) in [7, 11) is 0. The molecule has 0 aliphatic carbocycles. The summed E-state index contributed by atoms with van der Waals surface area (Å²) in [6.45, 7) is 0.499. The molecule has 1 aliphatic heterocycles. The molecule has 1 saturated heterocycles. The van der Waals surface area contributed by atoms with Crippen LogP contribution in [0.4, 0.5) is 0 Å². The van der Waals surface area contributed by atoms with Gasteiger partial charge in [-0.25, -0.2) is 4.68 Å². The number of hydrogen-bond donors (Lipinski definition) is 4. The monoisotopic (exact) mass is 531 g/mol. The van der Waals surface area contributed by atoms with E-state index in [1.54, 1.807) is 36.5 Å². The topological polar surface area (TPSA) is 177 Å². The number of aromatic nitrogens is 3. The Hall–Kier alpha value is -3.88. The first-order valence-electron chi connectivity index (χ1n) is 12.3. The Morgan fingerprint density at radius 3 is 2.68 bits per heavy atom. The van der Waals surface area contributed by atoms with E-state index in [4.69, 9.17) is 14.6 Å². The van der Waals surface area contributed by atoms with E-state index in [2.05, 4.69) is 26.3 Å². The molecule has 1 fully saturated rings. The van der Waals surface area contributed by atoms with Gasteiger partial charge in [-0.3, -0.25) is 19.2 Å². The van der Waals surface area contributed by atoms with E-state index >= 15 is 0 Å². The quantitative estimate of drug-likeness (QED) is 0.292. The zero-order valence-electron chi connectivity index (χ0n) is 21.0. The van der Waals surface area contributed by atoms with E-state index in [0.29, 0.717) is 11.3 Å². The van der Waals surface area contributed by atoms with E-state index in [0.717, 1.165) is 0 Å². The highest BCUT2D eigenvalue weighted by Crippen LogP contribution is 2.02. The van der Waals surface area contributed by atoms with Crippen LogP contribution in [0.1, 0.15) is 16.1 Å². The highest BCUT2D eigenvalue weighted by Gasteiger charge is 2.25. The van der Waals surface area contributed by atoms with Crippen LogP contribution in [0.5, 0.6) is 0 Å². The minimum atomic E-state index is -0.988. The second-order valence-electron chi connectivity index (χ2n) is 8.41. The van der Waals surface area contributed by atoms with Gasteiger partial charge < -0.3 is 35.4 Å². The molecule has 4 N–H and O–H groups in total. The maximum absolute atomic E-state index is 12.9. The Morgan fingerprint density at radius 1 is 1.11 bits per heavy atom. The molecule has 2 heterocycles. The summed E-state index contributed by atoms with van der Waals surface area (Å²) >= 11 is 0. The van der Waals surface area contributed by atoms with Gasteiger partial charge in [0.25, 0.3) is 5.91 Å². The lowest BCUT2D eigenvalue weighted by Gasteiger charge is -2.24. The molecule has 0 unspecified atom stereocenters. The summed E-state index contributed by atoms with van der Waals surface area (Å²) in [6, 6.07) is 7.63. The molecule has 14 heteroatoms. The summed E-state index contributed by atoms with van der Waals surface area (Å²) in [5.74, 6) is -1.77. The minimum Gasteiger partial charge on any atom is -0.394 e. The maximum Gasteiger partial charge on any atom is 0.251 e. The van der Waals surface area contributed by atoms with Gasteiger partial charge in [-0.05, 0) is 12.1 Å². The zero-order chi connectivity index (χ0) is 27.2. The molecular formula is C24H33N7O7. The van der Waals surface area contributed by atoms with Crippen molar-refractivity contribution in [2.24, 2.45) is 0 Å². The van der Waals surface area contributed by atoms with Crippen LogP contribution >= 0.6 is 0 Å². The molecule has 1 atom stereocenters. The molecule has 0 spiro atoms. The molecule has 2 aromatic rings. The molecule has 1 aromatic carbocycles. The average molecular weight is 532 g/mol. The molecule has 1 aliphatic rings. The van der Waals surface area contributed by atoms with Crippen LogP contribution in [0, 0.1) is 0 Å². The lowest BCUT2D eigenvalue weighted by atomic mass is 10.1. The van der Waals surface area contributed by atoms with Crippen molar-refractivity contribution in [3.8, 4) is 0 Å². The largest absolute Gasteiger partial charge is 0.394 e. The van der Waals surface area contributed by atoms with Crippen LogP contribution in [-0.2, 0) is 36.8 Å². The Labute approximate surface area is 219 Å². The van der Waals surface area contributed by atoms with Crippen molar-refractivity contribution in [3.05, 3.63) is 47.8 Å². The third-order valence-electron chi connectivity index (χ3n) is 5.51. The van der Waals surface area contributed by atoms with E-state index in [1.165, 1.54) is 9.58 Å². The fraction of sp³-hybridized carbons (Fsp3) is 0.500. The van der Waals surface area contributed by atoms with Crippen LogP contribution in [0.3, 0.4) is 0 Å². The molecule has 0 bridgehead atoms. The summed E-state index contributed by atoms with van der Waals surface area (Å²) in [5, 5.41) is 25.1. The first-order valence-corrected chi connectivity index (χ1v) is 12.3. The predicted molar refractivity (Wildman–Crippen MR) is 133 cm³/mol. The SMILES string of the molecule is O=C1CN(CCNC(=O)c2ccccc2)C(=O)COCCOCCNC(=O)[C@@H](Cc2cn(CCO)nn2)N1. The van der Waals surface area contributed by atoms with Crippen molar-refractivity contribution < 1.29 is 33.8 Å². The van der Waals surface area contributed by atoms with Gasteiger partial charge in [0.1, 0.15) is 12.6 Å². The van der Waals surface area contributed by atoms with E-state index in [-0.39, 0.29) is 78.1 Å². The maximum atomic E-state index is 12.9. The number of rotatable bonds is 8. The normalized spacial score (nSPS) is 18.2. The van der Waals surface area contributed by atoms with Crippen molar-refractivity contribution in [2.75, 3.05) is 59.2 Å². The highest BCUT2D eigenvalue weighted by atomic mass is 16.5. The number of benzene rings is 1. The highest BCUT2D eigenvalue weighted by molar-refractivity contribution is 5.94. The van der Waals surface area contributed by atoms with Crippen LogP contribution in [0.15, 0.2) is 36.5 Å². The number of nitrogens with zero attached hydrogens (tertiary/aromatic N) is 4. The summed E-state index contributed by atoms with van der Waals surface area (Å²) in [6.07, 6.45) is 1.63. The van der Waals surface area contributed by atoms with Crippen LogP contribution in [0.2, 0.25) is 0 Å². The molecular weight excluding hydrogens is 498 g/mol. The van der Waals surface area contributed by atoms with Gasteiger partial charge in [0.05, 0.1) is 45.2 Å². The molecule has 0 radical (unpaired) electrons. The molecule has 206 valence electrons. The lowest BCUT2D eigenvalue weighted by Crippen LogP contribution is -2.52. The molecule has 38 heavy (non-hydrogen) atoms. The number of carbonyl (C=O) groups is 4. The lowest BCUT2D eigenvalue weighted by molar-refractivity contribution is -0.140. The molecule has 4 amide bonds. The second-order valence-corrected chi connectivity index (χ2v) is 8.41. The van der Waals surface area contributed by atoms with Crippen molar-refractivity contribution in [1.29, 1.82) is 0 Å². The number of aliphatic hydroxyl groups is 1. The number of nitrogens with one attached hydrogen (secondary N) is 3. The number of aliphatic hydroxyl groups excluding tert-OH is 1. The second kappa shape index (κ2) is 15.4. The summed E-state index contributed by atoms with van der Waals surface area (Å²) < 4.78 is 12.2. The third kappa shape index (κ3) is 9.53. The van der Waals surface area contributed by atoms with Crippen LogP contribution in [0.25, 0.3) is 0 Å². The van der Waals surface area contributed by atoms with Gasteiger partial charge in [-0.15, -0.1) is 5.10 Å². The Kier molecular flexibility index (Phi) is 11.6. The zero-order valence-corrected chi connectivity index (χ0v) is 21.0. The third-order valence-corrected chi connectivity index (χ3v) is 5.51. The van der Waals surface area contributed by atoms with Gasteiger partial charge in [0.15, 0.2) is 0 Å². The number of amides is 4. The van der Waals surface area contributed by atoms with Crippen molar-refractivity contribution in [3.63, 3.8) is 0 Å². The average Bonchev–Trinajstić information content (AvgIpc) is 3.35. The van der Waals surface area contributed by atoms with Gasteiger partial charge in [-0.2, -0.15) is 0 Å². The standard InChI is InChI=1S/C24H33N7O7/c32-10-9-31-15-19(28-29-31)14-20-24(36)26-7-11-37-12-13-38-17-22(34)30(16-21(33)27-20)8-6-25-23(35)18-4-2-1-3-5-18/h1-5,15,20,32H,6-14,16-17H2,(H,25,35)(H,26,36)(H,27,33)/t20-/m1/s1. The fourth-order valence-electron chi connectivity index (χ4n) is 3.60.